The molecule has 1 aliphatic carbocycles. The summed E-state index contributed by atoms with van der Waals surface area (Å²) in [5.41, 5.74) is 0.837. The highest BCUT2D eigenvalue weighted by Gasteiger charge is 2.50. The lowest BCUT2D eigenvalue weighted by molar-refractivity contribution is -0.135. The molecule has 1 aromatic rings. The van der Waals surface area contributed by atoms with Crippen molar-refractivity contribution in [3.05, 3.63) is 29.3 Å². The molecule has 1 N–H and O–H groups in total. The number of nitrogens with one attached hydrogen (secondary N) is 1. The molecule has 5 nitrogen and oxygen atoms in total. The Balaban J connectivity index is 1.50. The second-order valence-corrected chi connectivity index (χ2v) is 8.42. The number of carbonyl (C=O) groups is 2. The van der Waals surface area contributed by atoms with E-state index < -0.39 is 0 Å². The molecule has 136 valence electrons. The van der Waals surface area contributed by atoms with Crippen LogP contribution in [0.25, 0.3) is 0 Å². The van der Waals surface area contributed by atoms with Crippen molar-refractivity contribution < 1.29 is 9.59 Å². The summed E-state index contributed by atoms with van der Waals surface area (Å²) in [6.45, 7) is 8.83. The average molecular weight is 364 g/mol. The van der Waals surface area contributed by atoms with Crippen LogP contribution in [0.3, 0.4) is 0 Å². The Kier molecular flexibility index (Phi) is 4.96. The fourth-order valence-corrected chi connectivity index (χ4v) is 3.50. The van der Waals surface area contributed by atoms with E-state index >= 15 is 0 Å². The average Bonchev–Trinajstić information content (AvgIpc) is 3.33. The van der Waals surface area contributed by atoms with Crippen molar-refractivity contribution in [2.45, 2.75) is 32.7 Å². The molecule has 25 heavy (non-hydrogen) atoms. The SMILES string of the molecule is CC(C)(C)NC(=O)C1CC1C(=O)N1CCN(c2cccc(Cl)c2)CC1. The third-order valence-corrected chi connectivity index (χ3v) is 4.94. The fourth-order valence-electron chi connectivity index (χ4n) is 3.31. The van der Waals surface area contributed by atoms with Gasteiger partial charge in [-0.3, -0.25) is 9.59 Å². The quantitative estimate of drug-likeness (QED) is 0.897. The molecule has 6 heteroatoms. The molecule has 1 saturated heterocycles. The van der Waals surface area contributed by atoms with E-state index in [1.807, 2.05) is 49.9 Å². The lowest BCUT2D eigenvalue weighted by Gasteiger charge is -2.36. The molecule has 2 unspecified atom stereocenters. The van der Waals surface area contributed by atoms with Crippen molar-refractivity contribution in [3.8, 4) is 0 Å². The van der Waals surface area contributed by atoms with E-state index in [1.165, 1.54) is 0 Å². The van der Waals surface area contributed by atoms with Crippen LogP contribution in [0.1, 0.15) is 27.2 Å². The summed E-state index contributed by atoms with van der Waals surface area (Å²) >= 11 is 6.06. The fraction of sp³-hybridized carbons (Fsp3) is 0.579. The van der Waals surface area contributed by atoms with Crippen LogP contribution in [0.4, 0.5) is 5.69 Å². The van der Waals surface area contributed by atoms with E-state index in [9.17, 15) is 9.59 Å². The van der Waals surface area contributed by atoms with Crippen LogP contribution >= 0.6 is 11.6 Å². The number of hydrogen-bond donors (Lipinski definition) is 1. The molecule has 2 amide bonds. The molecule has 0 bridgehead atoms. The predicted octanol–water partition coefficient (Wildman–Crippen LogP) is 2.54. The van der Waals surface area contributed by atoms with Crippen LogP contribution in [-0.4, -0.2) is 48.4 Å². The van der Waals surface area contributed by atoms with Crippen molar-refractivity contribution >= 4 is 29.1 Å². The number of nitrogens with zero attached hydrogens (tertiary/aromatic N) is 2. The smallest absolute Gasteiger partial charge is 0.226 e. The van der Waals surface area contributed by atoms with Gasteiger partial charge < -0.3 is 15.1 Å². The van der Waals surface area contributed by atoms with E-state index in [-0.39, 0.29) is 29.2 Å². The minimum atomic E-state index is -0.254. The van der Waals surface area contributed by atoms with Crippen molar-refractivity contribution in [3.63, 3.8) is 0 Å². The van der Waals surface area contributed by atoms with Gasteiger partial charge >= 0.3 is 0 Å². The number of anilines is 1. The van der Waals surface area contributed by atoms with Crippen molar-refractivity contribution in [1.29, 1.82) is 0 Å². The van der Waals surface area contributed by atoms with Gasteiger partial charge in [-0.25, -0.2) is 0 Å². The van der Waals surface area contributed by atoms with Gasteiger partial charge in [-0.05, 0) is 45.4 Å². The maximum absolute atomic E-state index is 12.6. The van der Waals surface area contributed by atoms with Gasteiger partial charge in [0.25, 0.3) is 0 Å². The molecular weight excluding hydrogens is 338 g/mol. The second-order valence-electron chi connectivity index (χ2n) is 7.98. The molecule has 1 saturated carbocycles. The Morgan fingerprint density at radius 3 is 2.40 bits per heavy atom. The maximum Gasteiger partial charge on any atom is 0.226 e. The Morgan fingerprint density at radius 1 is 1.12 bits per heavy atom. The topological polar surface area (TPSA) is 52.7 Å². The number of rotatable bonds is 3. The Morgan fingerprint density at radius 2 is 1.80 bits per heavy atom. The lowest BCUT2D eigenvalue weighted by atomic mass is 10.1. The van der Waals surface area contributed by atoms with Crippen molar-refractivity contribution in [2.24, 2.45) is 11.8 Å². The predicted molar refractivity (Wildman–Crippen MR) is 99.7 cm³/mol. The van der Waals surface area contributed by atoms with E-state index in [0.717, 1.165) is 23.8 Å². The van der Waals surface area contributed by atoms with Gasteiger partial charge in [0.2, 0.25) is 11.8 Å². The summed E-state index contributed by atoms with van der Waals surface area (Å²) in [4.78, 5) is 29.0. The van der Waals surface area contributed by atoms with Gasteiger partial charge in [0.1, 0.15) is 0 Å². The summed E-state index contributed by atoms with van der Waals surface area (Å²) in [6, 6.07) is 7.79. The lowest BCUT2D eigenvalue weighted by Crippen LogP contribution is -2.49. The Hall–Kier alpha value is -1.75. The molecule has 2 fully saturated rings. The van der Waals surface area contributed by atoms with Gasteiger partial charge in [-0.2, -0.15) is 0 Å². The monoisotopic (exact) mass is 363 g/mol. The van der Waals surface area contributed by atoms with Crippen molar-refractivity contribution in [1.82, 2.24) is 10.2 Å². The third-order valence-electron chi connectivity index (χ3n) is 4.71. The molecule has 2 atom stereocenters. The first-order valence-electron chi connectivity index (χ1n) is 8.86. The number of hydrogen-bond acceptors (Lipinski definition) is 3. The van der Waals surface area contributed by atoms with E-state index in [4.69, 9.17) is 11.6 Å². The molecule has 2 aliphatic rings. The molecule has 1 aromatic carbocycles. The minimum absolute atomic E-state index is 0.00316. The maximum atomic E-state index is 12.6. The number of benzene rings is 1. The minimum Gasteiger partial charge on any atom is -0.368 e. The first-order chi connectivity index (χ1) is 11.7. The zero-order chi connectivity index (χ0) is 18.2. The highest BCUT2D eigenvalue weighted by atomic mass is 35.5. The normalized spacial score (nSPS) is 23.4. The summed E-state index contributed by atoms with van der Waals surface area (Å²) < 4.78 is 0. The highest BCUT2D eigenvalue weighted by molar-refractivity contribution is 6.30. The molecule has 0 radical (unpaired) electrons. The third kappa shape index (κ3) is 4.46. The number of carbonyl (C=O) groups excluding carboxylic acids is 2. The van der Waals surface area contributed by atoms with Crippen LogP contribution in [-0.2, 0) is 9.59 Å². The first kappa shape index (κ1) is 18.1. The second kappa shape index (κ2) is 6.87. The van der Waals surface area contributed by atoms with E-state index in [2.05, 4.69) is 10.2 Å². The summed E-state index contributed by atoms with van der Waals surface area (Å²) in [6.07, 6.45) is 0.676. The van der Waals surface area contributed by atoms with Gasteiger partial charge in [0, 0.05) is 42.4 Å². The molecular formula is C19H26ClN3O2. The summed E-state index contributed by atoms with van der Waals surface area (Å²) in [5, 5.41) is 3.70. The number of amides is 2. The van der Waals surface area contributed by atoms with Gasteiger partial charge in [0.15, 0.2) is 0 Å². The van der Waals surface area contributed by atoms with E-state index in [1.54, 1.807) is 0 Å². The summed E-state index contributed by atoms with van der Waals surface area (Å²) in [7, 11) is 0. The van der Waals surface area contributed by atoms with Crippen LogP contribution in [0.15, 0.2) is 24.3 Å². The zero-order valence-electron chi connectivity index (χ0n) is 15.1. The van der Waals surface area contributed by atoms with Crippen LogP contribution in [0.5, 0.6) is 0 Å². The zero-order valence-corrected chi connectivity index (χ0v) is 15.8. The molecule has 1 aliphatic heterocycles. The summed E-state index contributed by atoms with van der Waals surface area (Å²) in [5.74, 6) is -0.166. The van der Waals surface area contributed by atoms with E-state index in [0.29, 0.717) is 19.5 Å². The van der Waals surface area contributed by atoms with Crippen LogP contribution < -0.4 is 10.2 Å². The molecule has 0 spiro atoms. The van der Waals surface area contributed by atoms with Crippen LogP contribution in [0, 0.1) is 11.8 Å². The Labute approximate surface area is 154 Å². The largest absolute Gasteiger partial charge is 0.368 e. The van der Waals surface area contributed by atoms with Crippen molar-refractivity contribution in [2.75, 3.05) is 31.1 Å². The molecule has 3 rings (SSSR count). The van der Waals surface area contributed by atoms with Gasteiger partial charge in [0.05, 0.1) is 11.8 Å². The molecule has 0 aromatic heterocycles. The van der Waals surface area contributed by atoms with Crippen LogP contribution in [0.2, 0.25) is 5.02 Å². The van der Waals surface area contributed by atoms with Gasteiger partial charge in [-0.15, -0.1) is 0 Å². The standard InChI is InChI=1S/C19H26ClN3O2/c1-19(2,3)21-17(24)15-12-16(15)18(25)23-9-7-22(8-10-23)14-6-4-5-13(20)11-14/h4-6,11,15-16H,7-10,12H2,1-3H3,(H,21,24). The first-order valence-corrected chi connectivity index (χ1v) is 9.24. The number of piperazine rings is 1. The molecule has 1 heterocycles. The number of halogens is 1. The van der Waals surface area contributed by atoms with Gasteiger partial charge in [-0.1, -0.05) is 17.7 Å². The highest BCUT2D eigenvalue weighted by Crippen LogP contribution is 2.40. The Bertz CT molecular complexity index is 663.